The molecule has 2 N–H and O–H groups in total. The van der Waals surface area contributed by atoms with Gasteiger partial charge in [0.05, 0.1) is 11.5 Å². The lowest BCUT2D eigenvalue weighted by molar-refractivity contribution is -0.154. The highest BCUT2D eigenvalue weighted by Crippen LogP contribution is 2.33. The summed E-state index contributed by atoms with van der Waals surface area (Å²) in [6.07, 6.45) is 3.54. The lowest BCUT2D eigenvalue weighted by Crippen LogP contribution is -2.47. The summed E-state index contributed by atoms with van der Waals surface area (Å²) in [5, 5.41) is 12.2. The van der Waals surface area contributed by atoms with Crippen LogP contribution in [0.3, 0.4) is 0 Å². The van der Waals surface area contributed by atoms with Gasteiger partial charge >= 0.3 is 5.97 Å². The van der Waals surface area contributed by atoms with E-state index in [0.717, 1.165) is 12.8 Å². The molecule has 1 amide bonds. The first-order valence-electron chi connectivity index (χ1n) is 7.75. The Morgan fingerprint density at radius 3 is 2.57 bits per heavy atom. The molecule has 1 aliphatic heterocycles. The Labute approximate surface area is 125 Å². The van der Waals surface area contributed by atoms with E-state index in [0.29, 0.717) is 51.1 Å². The van der Waals surface area contributed by atoms with Gasteiger partial charge in [-0.25, -0.2) is 0 Å². The Kier molecular flexibility index (Phi) is 5.58. The van der Waals surface area contributed by atoms with Crippen molar-refractivity contribution in [3.63, 3.8) is 0 Å². The number of carboxylic acids is 1. The van der Waals surface area contributed by atoms with Crippen LogP contribution in [0.2, 0.25) is 0 Å². The summed E-state index contributed by atoms with van der Waals surface area (Å²) < 4.78 is 10.7. The van der Waals surface area contributed by atoms with E-state index >= 15 is 0 Å². The number of carboxylic acid groups (broad SMARTS) is 1. The average molecular weight is 299 g/mol. The number of carbonyl (C=O) groups is 2. The normalized spacial score (nSPS) is 27.7. The van der Waals surface area contributed by atoms with Crippen molar-refractivity contribution in [1.82, 2.24) is 5.32 Å². The molecular formula is C15H25NO5. The number of aliphatic carboxylic acids is 1. The first-order valence-corrected chi connectivity index (χ1v) is 7.75. The highest BCUT2D eigenvalue weighted by atomic mass is 16.5. The zero-order valence-electron chi connectivity index (χ0n) is 12.6. The Bertz CT molecular complexity index is 372. The van der Waals surface area contributed by atoms with Crippen LogP contribution in [-0.2, 0) is 19.1 Å². The standard InChI is InChI=1S/C15H25NO5/c1-2-21-12-7-11(8-12)9-13(17)16-10-15(14(18)19)3-5-20-6-4-15/h11-12H,2-10H2,1H3,(H,16,17)(H,18,19). The lowest BCUT2D eigenvalue weighted by atomic mass is 9.79. The second kappa shape index (κ2) is 7.22. The van der Waals surface area contributed by atoms with Gasteiger partial charge in [0.2, 0.25) is 5.91 Å². The number of hydrogen-bond acceptors (Lipinski definition) is 4. The van der Waals surface area contributed by atoms with Crippen molar-refractivity contribution in [2.75, 3.05) is 26.4 Å². The fourth-order valence-electron chi connectivity index (χ4n) is 3.04. The fraction of sp³-hybridized carbons (Fsp3) is 0.867. The minimum Gasteiger partial charge on any atom is -0.481 e. The van der Waals surface area contributed by atoms with Crippen molar-refractivity contribution < 1.29 is 24.2 Å². The summed E-state index contributed by atoms with van der Waals surface area (Å²) >= 11 is 0. The van der Waals surface area contributed by atoms with Crippen molar-refractivity contribution in [1.29, 1.82) is 0 Å². The van der Waals surface area contributed by atoms with Crippen LogP contribution >= 0.6 is 0 Å². The molecule has 1 aliphatic carbocycles. The molecule has 6 heteroatoms. The van der Waals surface area contributed by atoms with Gasteiger partial charge in [-0.1, -0.05) is 0 Å². The Morgan fingerprint density at radius 1 is 1.33 bits per heavy atom. The second-order valence-electron chi connectivity index (χ2n) is 6.09. The molecule has 1 heterocycles. The molecule has 0 aromatic rings. The number of hydrogen-bond donors (Lipinski definition) is 2. The summed E-state index contributed by atoms with van der Waals surface area (Å²) in [7, 11) is 0. The van der Waals surface area contributed by atoms with Crippen LogP contribution in [0.25, 0.3) is 0 Å². The molecule has 2 aliphatic rings. The van der Waals surface area contributed by atoms with Gasteiger partial charge in [0.25, 0.3) is 0 Å². The third-order valence-electron chi connectivity index (χ3n) is 4.60. The summed E-state index contributed by atoms with van der Waals surface area (Å²) in [5.74, 6) is -0.523. The molecule has 1 saturated heterocycles. The van der Waals surface area contributed by atoms with Gasteiger partial charge in [-0.3, -0.25) is 9.59 Å². The average Bonchev–Trinajstić information content (AvgIpc) is 2.44. The summed E-state index contributed by atoms with van der Waals surface area (Å²) in [6, 6.07) is 0. The van der Waals surface area contributed by atoms with Crippen molar-refractivity contribution in [2.45, 2.75) is 45.1 Å². The Morgan fingerprint density at radius 2 is 2.00 bits per heavy atom. The van der Waals surface area contributed by atoms with Crippen LogP contribution in [0.1, 0.15) is 39.0 Å². The fourth-order valence-corrected chi connectivity index (χ4v) is 3.04. The molecular weight excluding hydrogens is 274 g/mol. The SMILES string of the molecule is CCOC1CC(CC(=O)NCC2(C(=O)O)CCOCC2)C1. The molecule has 2 fully saturated rings. The van der Waals surface area contributed by atoms with Gasteiger partial charge < -0.3 is 19.9 Å². The minimum absolute atomic E-state index is 0.0536. The van der Waals surface area contributed by atoms with Crippen LogP contribution in [0.15, 0.2) is 0 Å². The zero-order chi connectivity index (χ0) is 15.3. The molecule has 2 rings (SSSR count). The highest BCUT2D eigenvalue weighted by molar-refractivity contribution is 5.79. The van der Waals surface area contributed by atoms with E-state index in [2.05, 4.69) is 5.32 Å². The van der Waals surface area contributed by atoms with E-state index in [1.807, 2.05) is 6.92 Å². The number of ether oxygens (including phenoxy) is 2. The Hall–Kier alpha value is -1.14. The van der Waals surface area contributed by atoms with E-state index in [-0.39, 0.29) is 12.5 Å². The van der Waals surface area contributed by atoms with E-state index in [1.165, 1.54) is 0 Å². The molecule has 120 valence electrons. The molecule has 21 heavy (non-hydrogen) atoms. The van der Waals surface area contributed by atoms with Gasteiger partial charge in [0.1, 0.15) is 0 Å². The van der Waals surface area contributed by atoms with E-state index in [1.54, 1.807) is 0 Å². The maximum atomic E-state index is 11.9. The molecule has 0 bridgehead atoms. The number of nitrogens with one attached hydrogen (secondary N) is 1. The second-order valence-corrected chi connectivity index (χ2v) is 6.09. The van der Waals surface area contributed by atoms with Crippen LogP contribution in [0, 0.1) is 11.3 Å². The van der Waals surface area contributed by atoms with Crippen LogP contribution in [0.5, 0.6) is 0 Å². The van der Waals surface area contributed by atoms with E-state index in [9.17, 15) is 14.7 Å². The van der Waals surface area contributed by atoms with Crippen LogP contribution in [0.4, 0.5) is 0 Å². The highest BCUT2D eigenvalue weighted by Gasteiger charge is 2.40. The predicted molar refractivity (Wildman–Crippen MR) is 75.9 cm³/mol. The molecule has 0 aromatic carbocycles. The predicted octanol–water partition coefficient (Wildman–Crippen LogP) is 1.19. The molecule has 0 atom stereocenters. The lowest BCUT2D eigenvalue weighted by Gasteiger charge is -2.35. The maximum absolute atomic E-state index is 11.9. The monoisotopic (exact) mass is 299 g/mol. The maximum Gasteiger partial charge on any atom is 0.311 e. The molecule has 1 saturated carbocycles. The van der Waals surface area contributed by atoms with Crippen LogP contribution < -0.4 is 5.32 Å². The van der Waals surface area contributed by atoms with Gasteiger partial charge in [-0.05, 0) is 38.5 Å². The first-order chi connectivity index (χ1) is 10.1. The van der Waals surface area contributed by atoms with Gasteiger partial charge in [-0.15, -0.1) is 0 Å². The summed E-state index contributed by atoms with van der Waals surface area (Å²) in [5.41, 5.74) is -0.860. The molecule has 0 radical (unpaired) electrons. The topological polar surface area (TPSA) is 84.9 Å². The first kappa shape index (κ1) is 16.2. The van der Waals surface area contributed by atoms with Gasteiger partial charge in [0.15, 0.2) is 0 Å². The van der Waals surface area contributed by atoms with Gasteiger partial charge in [0, 0.05) is 32.8 Å². The smallest absolute Gasteiger partial charge is 0.311 e. The summed E-state index contributed by atoms with van der Waals surface area (Å²) in [6.45, 7) is 3.78. The van der Waals surface area contributed by atoms with Crippen molar-refractivity contribution >= 4 is 11.9 Å². The number of carbonyl (C=O) groups excluding carboxylic acids is 1. The third-order valence-corrected chi connectivity index (χ3v) is 4.60. The van der Waals surface area contributed by atoms with E-state index < -0.39 is 11.4 Å². The largest absolute Gasteiger partial charge is 0.481 e. The zero-order valence-corrected chi connectivity index (χ0v) is 12.6. The Balaban J connectivity index is 1.71. The quantitative estimate of drug-likeness (QED) is 0.737. The molecule has 0 aromatic heterocycles. The van der Waals surface area contributed by atoms with E-state index in [4.69, 9.17) is 9.47 Å². The van der Waals surface area contributed by atoms with Crippen LogP contribution in [-0.4, -0.2) is 49.5 Å². The number of amides is 1. The minimum atomic E-state index is -0.860. The number of rotatable bonds is 7. The van der Waals surface area contributed by atoms with Crippen molar-refractivity contribution in [3.05, 3.63) is 0 Å². The third kappa shape index (κ3) is 4.17. The molecule has 0 spiro atoms. The molecule has 6 nitrogen and oxygen atoms in total. The molecule has 0 unspecified atom stereocenters. The van der Waals surface area contributed by atoms with Crippen molar-refractivity contribution in [2.24, 2.45) is 11.3 Å². The van der Waals surface area contributed by atoms with Gasteiger partial charge in [-0.2, -0.15) is 0 Å². The summed E-state index contributed by atoms with van der Waals surface area (Å²) in [4.78, 5) is 23.4. The van der Waals surface area contributed by atoms with Crippen molar-refractivity contribution in [3.8, 4) is 0 Å².